The molecule has 4 heteroatoms. The van der Waals surface area contributed by atoms with Crippen LogP contribution in [0.25, 0.3) is 0 Å². The van der Waals surface area contributed by atoms with Crippen LogP contribution in [0.15, 0.2) is 0 Å². The third-order valence-electron chi connectivity index (χ3n) is 5.61. The Hall–Kier alpha value is -0.610. The SMILES string of the molecule is CCCCCCCCCCCCCCCCCCCCCC(=O)ONCCCO. The normalized spacial score (nSPS) is 11.1. The van der Waals surface area contributed by atoms with Crippen LogP contribution in [-0.2, 0) is 9.63 Å². The van der Waals surface area contributed by atoms with E-state index in [2.05, 4.69) is 12.4 Å². The van der Waals surface area contributed by atoms with Gasteiger partial charge in [-0.2, -0.15) is 5.48 Å². The zero-order chi connectivity index (χ0) is 21.3. The number of carbonyl (C=O) groups is 1. The fourth-order valence-electron chi connectivity index (χ4n) is 3.68. The highest BCUT2D eigenvalue weighted by Crippen LogP contribution is 2.14. The summed E-state index contributed by atoms with van der Waals surface area (Å²) in [7, 11) is 0. The second kappa shape index (κ2) is 25.4. The third kappa shape index (κ3) is 25.4. The first-order chi connectivity index (χ1) is 14.3. The number of hydrogen-bond donors (Lipinski definition) is 2. The van der Waals surface area contributed by atoms with E-state index in [9.17, 15) is 4.79 Å². The van der Waals surface area contributed by atoms with Crippen LogP contribution in [-0.4, -0.2) is 24.2 Å². The Bertz CT molecular complexity index is 323. The molecule has 4 nitrogen and oxygen atoms in total. The van der Waals surface area contributed by atoms with Crippen molar-refractivity contribution in [2.45, 2.75) is 142 Å². The number of nitrogens with one attached hydrogen (secondary N) is 1. The summed E-state index contributed by atoms with van der Waals surface area (Å²) in [5.74, 6) is -0.185. The second-order valence-electron chi connectivity index (χ2n) is 8.56. The molecular formula is C25H51NO3. The molecule has 0 heterocycles. The van der Waals surface area contributed by atoms with Crippen molar-refractivity contribution in [3.05, 3.63) is 0 Å². The lowest BCUT2D eigenvalue weighted by Gasteiger charge is -2.05. The van der Waals surface area contributed by atoms with Crippen molar-refractivity contribution in [1.82, 2.24) is 5.48 Å². The molecule has 0 fully saturated rings. The smallest absolute Gasteiger partial charge is 0.324 e. The quantitative estimate of drug-likeness (QED) is 0.129. The second-order valence-corrected chi connectivity index (χ2v) is 8.56. The minimum atomic E-state index is -0.185. The third-order valence-corrected chi connectivity index (χ3v) is 5.61. The summed E-state index contributed by atoms with van der Waals surface area (Å²) in [5.41, 5.74) is 2.59. The highest BCUT2D eigenvalue weighted by molar-refractivity contribution is 5.68. The van der Waals surface area contributed by atoms with Crippen molar-refractivity contribution in [2.75, 3.05) is 13.2 Å². The topological polar surface area (TPSA) is 58.6 Å². The van der Waals surface area contributed by atoms with E-state index < -0.39 is 0 Å². The predicted molar refractivity (Wildman–Crippen MR) is 124 cm³/mol. The Morgan fingerprint density at radius 2 is 1.00 bits per heavy atom. The van der Waals surface area contributed by atoms with E-state index in [0.717, 1.165) is 12.8 Å². The summed E-state index contributed by atoms with van der Waals surface area (Å²) in [6.45, 7) is 2.91. The molecule has 0 bridgehead atoms. The van der Waals surface area contributed by atoms with E-state index in [4.69, 9.17) is 9.94 Å². The average molecular weight is 414 g/mol. The zero-order valence-electron chi connectivity index (χ0n) is 19.5. The van der Waals surface area contributed by atoms with Gasteiger partial charge in [0.25, 0.3) is 0 Å². The molecule has 174 valence electrons. The van der Waals surface area contributed by atoms with Crippen LogP contribution in [0.1, 0.15) is 142 Å². The fraction of sp³-hybridized carbons (Fsp3) is 0.960. The first kappa shape index (κ1) is 28.4. The molecule has 0 spiro atoms. The minimum absolute atomic E-state index is 0.115. The summed E-state index contributed by atoms with van der Waals surface area (Å²) in [6, 6.07) is 0. The maximum Gasteiger partial charge on any atom is 0.324 e. The van der Waals surface area contributed by atoms with Crippen LogP contribution >= 0.6 is 0 Å². The van der Waals surface area contributed by atoms with Crippen LogP contribution < -0.4 is 5.48 Å². The summed E-state index contributed by atoms with van der Waals surface area (Å²) in [5, 5.41) is 8.63. The van der Waals surface area contributed by atoms with E-state index in [1.165, 1.54) is 109 Å². The molecule has 0 aliphatic carbocycles. The van der Waals surface area contributed by atoms with Gasteiger partial charge in [0.2, 0.25) is 0 Å². The maximum absolute atomic E-state index is 11.4. The molecule has 0 radical (unpaired) electrons. The molecule has 0 aromatic rings. The predicted octanol–water partition coefficient (Wildman–Crippen LogP) is 7.24. The van der Waals surface area contributed by atoms with Crippen molar-refractivity contribution >= 4 is 5.97 Å². The van der Waals surface area contributed by atoms with Gasteiger partial charge in [-0.05, 0) is 12.8 Å². The average Bonchev–Trinajstić information content (AvgIpc) is 2.73. The van der Waals surface area contributed by atoms with Crippen molar-refractivity contribution in [1.29, 1.82) is 0 Å². The highest BCUT2D eigenvalue weighted by Gasteiger charge is 2.02. The molecule has 0 rings (SSSR count). The largest absolute Gasteiger partial charge is 0.396 e. The van der Waals surface area contributed by atoms with Gasteiger partial charge >= 0.3 is 5.97 Å². The molecule has 2 N–H and O–H groups in total. The van der Waals surface area contributed by atoms with Gasteiger partial charge in [0.15, 0.2) is 0 Å². The molecule has 0 atom stereocenters. The number of hydroxylamine groups is 1. The van der Waals surface area contributed by atoms with Crippen molar-refractivity contribution in [2.24, 2.45) is 0 Å². The lowest BCUT2D eigenvalue weighted by molar-refractivity contribution is -0.151. The summed E-state index contributed by atoms with van der Waals surface area (Å²) in [4.78, 5) is 16.3. The van der Waals surface area contributed by atoms with Gasteiger partial charge in [0, 0.05) is 19.6 Å². The first-order valence-electron chi connectivity index (χ1n) is 12.8. The Morgan fingerprint density at radius 3 is 1.38 bits per heavy atom. The van der Waals surface area contributed by atoms with Crippen LogP contribution in [0.4, 0.5) is 0 Å². The van der Waals surface area contributed by atoms with Crippen LogP contribution in [0.5, 0.6) is 0 Å². The molecule has 0 unspecified atom stereocenters. The van der Waals surface area contributed by atoms with Gasteiger partial charge < -0.3 is 9.94 Å². The van der Waals surface area contributed by atoms with E-state index in [-0.39, 0.29) is 12.6 Å². The number of aliphatic hydroxyl groups is 1. The Labute approximate surface area is 181 Å². The molecule has 0 aliphatic rings. The van der Waals surface area contributed by atoms with Gasteiger partial charge in [-0.1, -0.05) is 122 Å². The molecule has 0 amide bonds. The van der Waals surface area contributed by atoms with Crippen LogP contribution in [0.3, 0.4) is 0 Å². The Balaban J connectivity index is 3.07. The number of carbonyl (C=O) groups excluding carboxylic acids is 1. The van der Waals surface area contributed by atoms with E-state index in [0.29, 0.717) is 19.4 Å². The summed E-state index contributed by atoms with van der Waals surface area (Å²) in [6.07, 6.45) is 26.9. The van der Waals surface area contributed by atoms with Crippen molar-refractivity contribution in [3.8, 4) is 0 Å². The van der Waals surface area contributed by atoms with Crippen LogP contribution in [0, 0.1) is 0 Å². The Morgan fingerprint density at radius 1 is 0.621 bits per heavy atom. The number of unbranched alkanes of at least 4 members (excludes halogenated alkanes) is 18. The lowest BCUT2D eigenvalue weighted by Crippen LogP contribution is -2.21. The molecule has 29 heavy (non-hydrogen) atoms. The minimum Gasteiger partial charge on any atom is -0.396 e. The van der Waals surface area contributed by atoms with E-state index in [1.54, 1.807) is 0 Å². The Kier molecular flexibility index (Phi) is 24.9. The van der Waals surface area contributed by atoms with Gasteiger partial charge in [0.1, 0.15) is 0 Å². The highest BCUT2D eigenvalue weighted by atomic mass is 16.7. The van der Waals surface area contributed by atoms with Gasteiger partial charge in [-0.25, -0.2) is 0 Å². The summed E-state index contributed by atoms with van der Waals surface area (Å²) >= 11 is 0. The molecular weight excluding hydrogens is 362 g/mol. The van der Waals surface area contributed by atoms with Crippen LogP contribution in [0.2, 0.25) is 0 Å². The molecule has 0 saturated heterocycles. The van der Waals surface area contributed by atoms with Crippen molar-refractivity contribution < 1.29 is 14.7 Å². The van der Waals surface area contributed by atoms with E-state index >= 15 is 0 Å². The van der Waals surface area contributed by atoms with Gasteiger partial charge in [0.05, 0.1) is 0 Å². The number of rotatable bonds is 24. The molecule has 0 aromatic carbocycles. The summed E-state index contributed by atoms with van der Waals surface area (Å²) < 4.78 is 0. The van der Waals surface area contributed by atoms with Gasteiger partial charge in [-0.15, -0.1) is 0 Å². The maximum atomic E-state index is 11.4. The molecule has 0 saturated carbocycles. The van der Waals surface area contributed by atoms with Crippen molar-refractivity contribution in [3.63, 3.8) is 0 Å². The van der Waals surface area contributed by atoms with E-state index in [1.807, 2.05) is 0 Å². The first-order valence-corrected chi connectivity index (χ1v) is 12.8. The van der Waals surface area contributed by atoms with Gasteiger partial charge in [-0.3, -0.25) is 4.79 Å². The lowest BCUT2D eigenvalue weighted by atomic mass is 10.0. The standard InChI is InChI=1S/C25H51NO3/c1-2-3-4-5-6-7-8-9-10-11-12-13-14-15-16-17-18-19-20-22-25(28)29-26-23-21-24-27/h26-27H,2-24H2,1H3. The monoisotopic (exact) mass is 413 g/mol. The number of aliphatic hydroxyl groups excluding tert-OH is 1. The zero-order valence-corrected chi connectivity index (χ0v) is 19.5. The molecule has 0 aromatic heterocycles. The molecule has 0 aliphatic heterocycles. The number of hydrogen-bond acceptors (Lipinski definition) is 4. The fourth-order valence-corrected chi connectivity index (χ4v) is 3.68.